The van der Waals surface area contributed by atoms with Crippen LogP contribution >= 0.6 is 0 Å². The van der Waals surface area contributed by atoms with Crippen molar-refractivity contribution in [3.05, 3.63) is 12.2 Å². The number of carbonyl (C=O) groups excluding carboxylic acids is 2. The number of amides is 1. The first-order valence-corrected chi connectivity index (χ1v) is 4.72. The van der Waals surface area contributed by atoms with E-state index in [0.717, 1.165) is 6.29 Å². The van der Waals surface area contributed by atoms with E-state index in [2.05, 4.69) is 4.74 Å². The topological polar surface area (TPSA) is 55.8 Å². The second-order valence-corrected chi connectivity index (χ2v) is 3.25. The number of rotatable bonds is 3. The molecule has 0 saturated heterocycles. The van der Waals surface area contributed by atoms with Crippen LogP contribution < -0.4 is 0 Å². The second kappa shape index (κ2) is 5.50. The largest absolute Gasteiger partial charge is 0.453 e. The van der Waals surface area contributed by atoms with Crippen LogP contribution in [0.3, 0.4) is 0 Å². The summed E-state index contributed by atoms with van der Waals surface area (Å²) < 4.78 is 9.76. The van der Waals surface area contributed by atoms with Gasteiger partial charge in [-0.1, -0.05) is 12.2 Å². The van der Waals surface area contributed by atoms with Gasteiger partial charge in [0, 0.05) is 13.5 Å². The third-order valence-corrected chi connectivity index (χ3v) is 2.37. The van der Waals surface area contributed by atoms with Crippen LogP contribution in [-0.4, -0.2) is 50.2 Å². The molecule has 0 radical (unpaired) electrons. The van der Waals surface area contributed by atoms with Gasteiger partial charge in [-0.2, -0.15) is 0 Å². The van der Waals surface area contributed by atoms with Crippen molar-refractivity contribution in [3.63, 3.8) is 0 Å². The highest BCUT2D eigenvalue weighted by Crippen LogP contribution is 2.15. The molecule has 0 aliphatic carbocycles. The van der Waals surface area contributed by atoms with E-state index >= 15 is 0 Å². The van der Waals surface area contributed by atoms with Crippen molar-refractivity contribution < 1.29 is 19.1 Å². The van der Waals surface area contributed by atoms with Gasteiger partial charge in [0.2, 0.25) is 0 Å². The Morgan fingerprint density at radius 1 is 1.53 bits per heavy atom. The maximum atomic E-state index is 11.4. The summed E-state index contributed by atoms with van der Waals surface area (Å²) in [6.45, 7) is 0.415. The van der Waals surface area contributed by atoms with Gasteiger partial charge in [0.25, 0.3) is 0 Å². The highest BCUT2D eigenvalue weighted by molar-refractivity contribution is 5.69. The minimum atomic E-state index is -0.437. The van der Waals surface area contributed by atoms with Crippen LogP contribution in [0.15, 0.2) is 12.2 Å². The fourth-order valence-corrected chi connectivity index (χ4v) is 1.53. The van der Waals surface area contributed by atoms with Gasteiger partial charge in [-0.05, 0) is 0 Å². The third kappa shape index (κ3) is 2.79. The number of methoxy groups -OCH3 is 2. The average molecular weight is 213 g/mol. The highest BCUT2D eigenvalue weighted by atomic mass is 16.5. The van der Waals surface area contributed by atoms with Crippen molar-refractivity contribution in [2.24, 2.45) is 0 Å². The maximum absolute atomic E-state index is 11.4. The zero-order valence-electron chi connectivity index (χ0n) is 8.88. The number of carbonyl (C=O) groups is 2. The number of nitrogens with zero attached hydrogens (tertiary/aromatic N) is 1. The summed E-state index contributed by atoms with van der Waals surface area (Å²) in [6, 6.07) is -0.221. The smallest absolute Gasteiger partial charge is 0.410 e. The predicted octanol–water partition coefficient (Wildman–Crippen LogP) is 0.597. The van der Waals surface area contributed by atoms with Gasteiger partial charge < -0.3 is 14.3 Å². The van der Waals surface area contributed by atoms with E-state index < -0.39 is 6.09 Å². The highest BCUT2D eigenvalue weighted by Gasteiger charge is 2.28. The number of aldehydes is 1. The van der Waals surface area contributed by atoms with E-state index in [-0.39, 0.29) is 18.6 Å². The molecule has 5 nitrogen and oxygen atoms in total. The molecule has 0 spiro atoms. The van der Waals surface area contributed by atoms with E-state index in [4.69, 9.17) is 4.74 Å². The van der Waals surface area contributed by atoms with Crippen LogP contribution in [0.1, 0.15) is 6.42 Å². The molecule has 1 amide bonds. The maximum Gasteiger partial charge on any atom is 0.410 e. The first-order chi connectivity index (χ1) is 7.22. The molecule has 15 heavy (non-hydrogen) atoms. The molecule has 1 rings (SSSR count). The first kappa shape index (κ1) is 11.7. The molecule has 1 aliphatic heterocycles. The van der Waals surface area contributed by atoms with Gasteiger partial charge in [-0.3, -0.25) is 4.90 Å². The summed E-state index contributed by atoms with van der Waals surface area (Å²) in [5.41, 5.74) is 0. The molecule has 2 atom stereocenters. The normalized spacial score (nSPS) is 25.1. The SMILES string of the molecule is COC(=O)N1C[C@@H](OC)C=C[C@@H]1CC=O. The Labute approximate surface area is 88.6 Å². The molecule has 0 unspecified atom stereocenters. The minimum absolute atomic E-state index is 0.132. The van der Waals surface area contributed by atoms with E-state index in [1.165, 1.54) is 12.0 Å². The summed E-state index contributed by atoms with van der Waals surface area (Å²) in [7, 11) is 2.89. The monoisotopic (exact) mass is 213 g/mol. The number of hydrogen-bond donors (Lipinski definition) is 0. The fourth-order valence-electron chi connectivity index (χ4n) is 1.53. The minimum Gasteiger partial charge on any atom is -0.453 e. The molecule has 0 aromatic heterocycles. The Hall–Kier alpha value is -1.36. The van der Waals surface area contributed by atoms with Crippen molar-refractivity contribution >= 4 is 12.4 Å². The van der Waals surface area contributed by atoms with Crippen molar-refractivity contribution in [1.82, 2.24) is 4.90 Å². The zero-order valence-corrected chi connectivity index (χ0v) is 8.88. The summed E-state index contributed by atoms with van der Waals surface area (Å²) in [4.78, 5) is 23.3. The van der Waals surface area contributed by atoms with Crippen molar-refractivity contribution in [2.75, 3.05) is 20.8 Å². The molecule has 0 N–H and O–H groups in total. The standard InChI is InChI=1S/C10H15NO4/c1-14-9-4-3-8(5-6-12)11(7-9)10(13)15-2/h3-4,6,8-9H,5,7H2,1-2H3/t8-,9+/m1/s1. The van der Waals surface area contributed by atoms with E-state index in [1.807, 2.05) is 6.08 Å². The van der Waals surface area contributed by atoms with Crippen molar-refractivity contribution in [3.8, 4) is 0 Å². The van der Waals surface area contributed by atoms with Gasteiger partial charge in [0.1, 0.15) is 6.29 Å². The van der Waals surface area contributed by atoms with Crippen LogP contribution in [0.2, 0.25) is 0 Å². The Bertz CT molecular complexity index is 264. The van der Waals surface area contributed by atoms with Gasteiger partial charge in [0.05, 0.1) is 25.8 Å². The molecular weight excluding hydrogens is 198 g/mol. The molecule has 0 saturated carbocycles. The number of hydrogen-bond acceptors (Lipinski definition) is 4. The predicted molar refractivity (Wildman–Crippen MR) is 53.5 cm³/mol. The lowest BCUT2D eigenvalue weighted by Crippen LogP contribution is -2.46. The lowest BCUT2D eigenvalue weighted by Gasteiger charge is -2.33. The van der Waals surface area contributed by atoms with Crippen LogP contribution in [0.5, 0.6) is 0 Å². The van der Waals surface area contributed by atoms with Gasteiger partial charge in [-0.15, -0.1) is 0 Å². The third-order valence-electron chi connectivity index (χ3n) is 2.37. The molecule has 0 aromatic carbocycles. The fraction of sp³-hybridized carbons (Fsp3) is 0.600. The van der Waals surface area contributed by atoms with Gasteiger partial charge >= 0.3 is 6.09 Å². The molecule has 0 bridgehead atoms. The summed E-state index contributed by atoms with van der Waals surface area (Å²) >= 11 is 0. The van der Waals surface area contributed by atoms with Crippen LogP contribution in [0.25, 0.3) is 0 Å². The Morgan fingerprint density at radius 3 is 2.80 bits per heavy atom. The van der Waals surface area contributed by atoms with Crippen molar-refractivity contribution in [1.29, 1.82) is 0 Å². The summed E-state index contributed by atoms with van der Waals surface area (Å²) in [6.07, 6.45) is 4.15. The molecule has 0 aromatic rings. The van der Waals surface area contributed by atoms with E-state index in [9.17, 15) is 9.59 Å². The molecule has 0 fully saturated rings. The lowest BCUT2D eigenvalue weighted by atomic mass is 10.1. The van der Waals surface area contributed by atoms with Crippen LogP contribution in [0.4, 0.5) is 4.79 Å². The molecule has 5 heteroatoms. The van der Waals surface area contributed by atoms with Crippen molar-refractivity contribution in [2.45, 2.75) is 18.6 Å². The second-order valence-electron chi connectivity index (χ2n) is 3.25. The average Bonchev–Trinajstić information content (AvgIpc) is 2.29. The molecule has 84 valence electrons. The summed E-state index contributed by atoms with van der Waals surface area (Å²) in [5.74, 6) is 0. The Kier molecular flexibility index (Phi) is 4.30. The van der Waals surface area contributed by atoms with Gasteiger partial charge in [0.15, 0.2) is 0 Å². The van der Waals surface area contributed by atoms with E-state index in [0.29, 0.717) is 6.54 Å². The number of ether oxygens (including phenoxy) is 2. The van der Waals surface area contributed by atoms with Crippen LogP contribution in [0, 0.1) is 0 Å². The summed E-state index contributed by atoms with van der Waals surface area (Å²) in [5, 5.41) is 0. The lowest BCUT2D eigenvalue weighted by molar-refractivity contribution is -0.108. The molecule has 1 heterocycles. The quantitative estimate of drug-likeness (QED) is 0.509. The molecular formula is C10H15NO4. The Morgan fingerprint density at radius 2 is 2.27 bits per heavy atom. The zero-order chi connectivity index (χ0) is 11.3. The van der Waals surface area contributed by atoms with Gasteiger partial charge in [-0.25, -0.2) is 4.79 Å². The first-order valence-electron chi connectivity index (χ1n) is 4.72. The molecule has 1 aliphatic rings. The Balaban J connectivity index is 2.74. The van der Waals surface area contributed by atoms with E-state index in [1.54, 1.807) is 13.2 Å². The van der Waals surface area contributed by atoms with Crippen LogP contribution in [-0.2, 0) is 14.3 Å².